The van der Waals surface area contributed by atoms with E-state index in [1.54, 1.807) is 0 Å². The second-order valence-electron chi connectivity index (χ2n) is 5.71. The first-order valence-electron chi connectivity index (χ1n) is 6.69. The highest BCUT2D eigenvalue weighted by molar-refractivity contribution is 5.86. The zero-order valence-corrected chi connectivity index (χ0v) is 11.0. The average molecular weight is 230 g/mol. The van der Waals surface area contributed by atoms with Crippen molar-refractivity contribution < 1.29 is 4.79 Å². The molecule has 92 valence electrons. The molecule has 0 N–H and O–H groups in total. The topological polar surface area (TPSA) is 17.1 Å². The standard InChI is InChI=1S/C16H22O/c1-13-7-6-8-14(11-13)12-15(17)16(2)9-4-3-5-10-16/h6-8,11H,3-5,9-10,12H2,1-2H3. The number of carbonyl (C=O) groups is 1. The first-order valence-corrected chi connectivity index (χ1v) is 6.69. The lowest BCUT2D eigenvalue weighted by Gasteiger charge is -2.32. The van der Waals surface area contributed by atoms with Gasteiger partial charge in [-0.3, -0.25) is 4.79 Å². The molecule has 2 rings (SSSR count). The van der Waals surface area contributed by atoms with Crippen molar-refractivity contribution in [1.29, 1.82) is 0 Å². The molecule has 0 atom stereocenters. The van der Waals surface area contributed by atoms with Gasteiger partial charge in [0.15, 0.2) is 0 Å². The van der Waals surface area contributed by atoms with Gasteiger partial charge in [0.2, 0.25) is 0 Å². The minimum Gasteiger partial charge on any atom is -0.299 e. The smallest absolute Gasteiger partial charge is 0.143 e. The predicted octanol–water partition coefficient (Wildman–Crippen LogP) is 4.08. The van der Waals surface area contributed by atoms with Crippen LogP contribution in [0.1, 0.15) is 50.2 Å². The molecule has 0 heterocycles. The number of carbonyl (C=O) groups excluding carboxylic acids is 1. The maximum atomic E-state index is 12.4. The Morgan fingerprint density at radius 1 is 1.24 bits per heavy atom. The molecule has 0 radical (unpaired) electrons. The van der Waals surface area contributed by atoms with Crippen molar-refractivity contribution >= 4 is 5.78 Å². The molecule has 1 aliphatic carbocycles. The van der Waals surface area contributed by atoms with E-state index in [2.05, 4.69) is 32.0 Å². The summed E-state index contributed by atoms with van der Waals surface area (Å²) in [6, 6.07) is 8.32. The second-order valence-corrected chi connectivity index (χ2v) is 5.71. The summed E-state index contributed by atoms with van der Waals surface area (Å²) in [5, 5.41) is 0. The fourth-order valence-corrected chi connectivity index (χ4v) is 2.83. The number of ketones is 1. The van der Waals surface area contributed by atoms with E-state index in [-0.39, 0.29) is 5.41 Å². The summed E-state index contributed by atoms with van der Waals surface area (Å²) < 4.78 is 0. The maximum Gasteiger partial charge on any atom is 0.143 e. The van der Waals surface area contributed by atoms with Crippen LogP contribution in [0.25, 0.3) is 0 Å². The first kappa shape index (κ1) is 12.3. The summed E-state index contributed by atoms with van der Waals surface area (Å²) >= 11 is 0. The Morgan fingerprint density at radius 2 is 1.94 bits per heavy atom. The largest absolute Gasteiger partial charge is 0.299 e. The quantitative estimate of drug-likeness (QED) is 0.764. The highest BCUT2D eigenvalue weighted by Gasteiger charge is 2.33. The molecule has 0 saturated heterocycles. The van der Waals surface area contributed by atoms with Gasteiger partial charge in [-0.25, -0.2) is 0 Å². The fraction of sp³-hybridized carbons (Fsp3) is 0.562. The van der Waals surface area contributed by atoms with Crippen LogP contribution in [0.2, 0.25) is 0 Å². The molecule has 1 nitrogen and oxygen atoms in total. The molecule has 0 unspecified atom stereocenters. The van der Waals surface area contributed by atoms with E-state index >= 15 is 0 Å². The number of benzene rings is 1. The van der Waals surface area contributed by atoms with E-state index in [9.17, 15) is 4.79 Å². The molecule has 0 spiro atoms. The van der Waals surface area contributed by atoms with Crippen LogP contribution in [0.4, 0.5) is 0 Å². The van der Waals surface area contributed by atoms with E-state index in [1.807, 2.05) is 6.07 Å². The molecule has 1 aromatic rings. The molecule has 1 fully saturated rings. The van der Waals surface area contributed by atoms with Crippen molar-refractivity contribution in [1.82, 2.24) is 0 Å². The van der Waals surface area contributed by atoms with Crippen LogP contribution in [-0.4, -0.2) is 5.78 Å². The Kier molecular flexibility index (Phi) is 3.66. The monoisotopic (exact) mass is 230 g/mol. The third kappa shape index (κ3) is 2.96. The van der Waals surface area contributed by atoms with Gasteiger partial charge in [0, 0.05) is 11.8 Å². The fourth-order valence-electron chi connectivity index (χ4n) is 2.83. The van der Waals surface area contributed by atoms with E-state index < -0.39 is 0 Å². The summed E-state index contributed by atoms with van der Waals surface area (Å²) in [6.45, 7) is 4.24. The van der Waals surface area contributed by atoms with Crippen LogP contribution in [0, 0.1) is 12.3 Å². The van der Waals surface area contributed by atoms with Gasteiger partial charge in [-0.05, 0) is 25.3 Å². The van der Waals surface area contributed by atoms with Crippen LogP contribution in [-0.2, 0) is 11.2 Å². The SMILES string of the molecule is Cc1cccc(CC(=O)C2(C)CCCCC2)c1. The lowest BCUT2D eigenvalue weighted by atomic mass is 9.71. The van der Waals surface area contributed by atoms with Gasteiger partial charge in [0.25, 0.3) is 0 Å². The Bertz CT molecular complexity index is 400. The van der Waals surface area contributed by atoms with E-state index in [4.69, 9.17) is 0 Å². The highest BCUT2D eigenvalue weighted by atomic mass is 16.1. The first-order chi connectivity index (χ1) is 8.10. The van der Waals surface area contributed by atoms with Gasteiger partial charge < -0.3 is 0 Å². The lowest BCUT2D eigenvalue weighted by Crippen LogP contribution is -2.31. The van der Waals surface area contributed by atoms with E-state index in [1.165, 1.54) is 30.4 Å². The molecule has 1 aromatic carbocycles. The van der Waals surface area contributed by atoms with Gasteiger partial charge in [-0.2, -0.15) is 0 Å². The summed E-state index contributed by atoms with van der Waals surface area (Å²) in [4.78, 5) is 12.4. The molecule has 0 aliphatic heterocycles. The van der Waals surface area contributed by atoms with Gasteiger partial charge in [0.05, 0.1) is 0 Å². The van der Waals surface area contributed by atoms with Gasteiger partial charge in [-0.15, -0.1) is 0 Å². The summed E-state index contributed by atoms with van der Waals surface area (Å²) in [5.41, 5.74) is 2.35. The van der Waals surface area contributed by atoms with Crippen molar-refractivity contribution in [2.24, 2.45) is 5.41 Å². The summed E-state index contributed by atoms with van der Waals surface area (Å²) in [6.07, 6.45) is 6.51. The average Bonchev–Trinajstić information content (AvgIpc) is 2.30. The number of hydrogen-bond donors (Lipinski definition) is 0. The van der Waals surface area contributed by atoms with Crippen molar-refractivity contribution in [3.8, 4) is 0 Å². The molecule has 0 amide bonds. The third-order valence-corrected chi connectivity index (χ3v) is 4.08. The normalized spacial score (nSPS) is 18.9. The molecular weight excluding hydrogens is 208 g/mol. The Hall–Kier alpha value is -1.11. The number of hydrogen-bond acceptors (Lipinski definition) is 1. The number of aryl methyl sites for hydroxylation is 1. The summed E-state index contributed by atoms with van der Waals surface area (Å²) in [7, 11) is 0. The molecule has 0 bridgehead atoms. The van der Waals surface area contributed by atoms with Crippen LogP contribution >= 0.6 is 0 Å². The van der Waals surface area contributed by atoms with Crippen LogP contribution in [0.3, 0.4) is 0 Å². The lowest BCUT2D eigenvalue weighted by molar-refractivity contribution is -0.128. The Labute approximate surface area is 104 Å². The third-order valence-electron chi connectivity index (χ3n) is 4.08. The van der Waals surface area contributed by atoms with Crippen molar-refractivity contribution in [3.05, 3.63) is 35.4 Å². The number of rotatable bonds is 3. The zero-order valence-electron chi connectivity index (χ0n) is 11.0. The van der Waals surface area contributed by atoms with E-state index in [0.717, 1.165) is 12.8 Å². The van der Waals surface area contributed by atoms with Crippen LogP contribution < -0.4 is 0 Å². The van der Waals surface area contributed by atoms with Gasteiger partial charge in [-0.1, -0.05) is 56.0 Å². The van der Waals surface area contributed by atoms with Crippen molar-refractivity contribution in [2.45, 2.75) is 52.4 Å². The number of Topliss-reactive ketones (excluding diaryl/α,β-unsaturated/α-hetero) is 1. The van der Waals surface area contributed by atoms with Crippen molar-refractivity contribution in [2.75, 3.05) is 0 Å². The minimum atomic E-state index is -0.0536. The Balaban J connectivity index is 2.05. The zero-order chi connectivity index (χ0) is 12.3. The molecule has 1 saturated carbocycles. The summed E-state index contributed by atoms with van der Waals surface area (Å²) in [5.74, 6) is 0.433. The van der Waals surface area contributed by atoms with E-state index in [0.29, 0.717) is 12.2 Å². The molecular formula is C16H22O. The molecule has 1 aliphatic rings. The maximum absolute atomic E-state index is 12.4. The van der Waals surface area contributed by atoms with Crippen molar-refractivity contribution in [3.63, 3.8) is 0 Å². The molecule has 0 aromatic heterocycles. The predicted molar refractivity (Wildman–Crippen MR) is 71.1 cm³/mol. The molecule has 17 heavy (non-hydrogen) atoms. The highest BCUT2D eigenvalue weighted by Crippen LogP contribution is 2.37. The molecule has 1 heteroatoms. The van der Waals surface area contributed by atoms with Crippen LogP contribution in [0.5, 0.6) is 0 Å². The Morgan fingerprint density at radius 3 is 2.59 bits per heavy atom. The second kappa shape index (κ2) is 5.03. The minimum absolute atomic E-state index is 0.0536. The van der Waals surface area contributed by atoms with Gasteiger partial charge >= 0.3 is 0 Å². The van der Waals surface area contributed by atoms with Gasteiger partial charge in [0.1, 0.15) is 5.78 Å². The van der Waals surface area contributed by atoms with Crippen LogP contribution in [0.15, 0.2) is 24.3 Å².